The number of carboxylic acids is 1. The molecule has 0 radical (unpaired) electrons. The van der Waals surface area contributed by atoms with Crippen LogP contribution in [0.5, 0.6) is 0 Å². The molecule has 0 spiro atoms. The van der Waals surface area contributed by atoms with Gasteiger partial charge in [0, 0.05) is 23.1 Å². The van der Waals surface area contributed by atoms with Gasteiger partial charge < -0.3 is 9.52 Å². The van der Waals surface area contributed by atoms with Crippen molar-refractivity contribution in [1.82, 2.24) is 9.88 Å². The summed E-state index contributed by atoms with van der Waals surface area (Å²) in [7, 11) is 0. The number of hydrogen-bond donors (Lipinski definition) is 1. The largest absolute Gasteiger partial charge is 0.481 e. The van der Waals surface area contributed by atoms with E-state index in [-0.39, 0.29) is 5.92 Å². The summed E-state index contributed by atoms with van der Waals surface area (Å²) in [6, 6.07) is 7.83. The summed E-state index contributed by atoms with van der Waals surface area (Å²) in [6.45, 7) is 4.05. The van der Waals surface area contributed by atoms with Gasteiger partial charge in [0.05, 0.1) is 18.7 Å². The first-order chi connectivity index (χ1) is 11.0. The van der Waals surface area contributed by atoms with Crippen LogP contribution < -0.4 is 0 Å². The maximum absolute atomic E-state index is 11.3. The second-order valence-electron chi connectivity index (χ2n) is 6.17. The number of aliphatic carboxylic acids is 1. The van der Waals surface area contributed by atoms with Crippen molar-refractivity contribution in [3.05, 3.63) is 40.8 Å². The Morgan fingerprint density at radius 3 is 2.96 bits per heavy atom. The number of carboxylic acid groups (broad SMARTS) is 1. The smallest absolute Gasteiger partial charge is 0.307 e. The molecular formula is C17H19BrN2O3. The summed E-state index contributed by atoms with van der Waals surface area (Å²) in [4.78, 5) is 17.7. The van der Waals surface area contributed by atoms with Gasteiger partial charge in [-0.2, -0.15) is 0 Å². The molecule has 2 atom stereocenters. The van der Waals surface area contributed by atoms with Crippen LogP contribution in [0.1, 0.15) is 19.2 Å². The highest BCUT2D eigenvalue weighted by atomic mass is 79.9. The lowest BCUT2D eigenvalue weighted by Crippen LogP contribution is -2.42. The third-order valence-corrected chi connectivity index (χ3v) is 4.83. The monoisotopic (exact) mass is 378 g/mol. The molecule has 2 unspecified atom stereocenters. The van der Waals surface area contributed by atoms with Crippen LogP contribution in [0, 0.1) is 11.8 Å². The molecule has 5 nitrogen and oxygen atoms in total. The van der Waals surface area contributed by atoms with Gasteiger partial charge in [-0.25, -0.2) is 4.98 Å². The van der Waals surface area contributed by atoms with E-state index >= 15 is 0 Å². The Labute approximate surface area is 143 Å². The zero-order valence-electron chi connectivity index (χ0n) is 12.9. The van der Waals surface area contributed by atoms with E-state index in [0.717, 1.165) is 23.0 Å². The summed E-state index contributed by atoms with van der Waals surface area (Å²) in [5, 5.41) is 9.25. The summed E-state index contributed by atoms with van der Waals surface area (Å²) in [5.74, 6) is 0.670. The lowest BCUT2D eigenvalue weighted by atomic mass is 9.90. The van der Waals surface area contributed by atoms with E-state index in [4.69, 9.17) is 4.42 Å². The number of carbonyl (C=O) groups is 1. The van der Waals surface area contributed by atoms with Crippen molar-refractivity contribution in [2.75, 3.05) is 13.1 Å². The minimum atomic E-state index is -0.720. The van der Waals surface area contributed by atoms with Crippen LogP contribution in [-0.2, 0) is 11.3 Å². The number of oxazole rings is 1. The fourth-order valence-electron chi connectivity index (χ4n) is 3.13. The minimum Gasteiger partial charge on any atom is -0.481 e. The van der Waals surface area contributed by atoms with E-state index < -0.39 is 5.97 Å². The third kappa shape index (κ3) is 3.82. The Kier molecular flexibility index (Phi) is 4.82. The molecular weight excluding hydrogens is 360 g/mol. The van der Waals surface area contributed by atoms with Crippen molar-refractivity contribution in [3.63, 3.8) is 0 Å². The van der Waals surface area contributed by atoms with Gasteiger partial charge in [0.1, 0.15) is 0 Å². The molecule has 23 heavy (non-hydrogen) atoms. The average molecular weight is 379 g/mol. The van der Waals surface area contributed by atoms with E-state index in [2.05, 4.69) is 32.7 Å². The van der Waals surface area contributed by atoms with Crippen LogP contribution >= 0.6 is 15.9 Å². The average Bonchev–Trinajstić information content (AvgIpc) is 2.95. The number of piperidine rings is 1. The van der Waals surface area contributed by atoms with Crippen molar-refractivity contribution in [1.29, 1.82) is 0 Å². The molecule has 1 aliphatic heterocycles. The van der Waals surface area contributed by atoms with Gasteiger partial charge in [0.25, 0.3) is 0 Å². The number of hydrogen-bond acceptors (Lipinski definition) is 4. The molecule has 1 aromatic carbocycles. The lowest BCUT2D eigenvalue weighted by Gasteiger charge is -2.33. The second-order valence-corrected chi connectivity index (χ2v) is 7.02. The second kappa shape index (κ2) is 6.84. The maximum atomic E-state index is 11.3. The fourth-order valence-corrected chi connectivity index (χ4v) is 3.61. The Morgan fingerprint density at radius 2 is 2.22 bits per heavy atom. The van der Waals surface area contributed by atoms with Crippen molar-refractivity contribution >= 4 is 21.9 Å². The molecule has 1 N–H and O–H groups in total. The van der Waals surface area contributed by atoms with Crippen LogP contribution in [0.15, 0.2) is 39.4 Å². The van der Waals surface area contributed by atoms with Gasteiger partial charge in [0.2, 0.25) is 5.89 Å². The molecule has 3 rings (SSSR count). The summed E-state index contributed by atoms with van der Waals surface area (Å²) >= 11 is 3.51. The van der Waals surface area contributed by atoms with Crippen LogP contribution in [0.25, 0.3) is 11.3 Å². The van der Waals surface area contributed by atoms with E-state index in [1.54, 1.807) is 6.20 Å². The Balaban J connectivity index is 1.72. The van der Waals surface area contributed by atoms with Gasteiger partial charge in [0.15, 0.2) is 5.76 Å². The van der Waals surface area contributed by atoms with Crippen molar-refractivity contribution in [2.45, 2.75) is 19.9 Å². The summed E-state index contributed by atoms with van der Waals surface area (Å²) in [5.41, 5.74) is 0.960. The molecule has 1 fully saturated rings. The molecule has 122 valence electrons. The first-order valence-corrected chi connectivity index (χ1v) is 8.47. The topological polar surface area (TPSA) is 66.6 Å². The molecule has 2 aromatic rings. The Hall–Kier alpha value is -1.66. The molecule has 0 bridgehead atoms. The molecule has 0 aliphatic carbocycles. The number of rotatable bonds is 4. The highest BCUT2D eigenvalue weighted by Crippen LogP contribution is 2.29. The van der Waals surface area contributed by atoms with Gasteiger partial charge >= 0.3 is 5.97 Å². The number of benzene rings is 1. The third-order valence-electron chi connectivity index (χ3n) is 4.14. The van der Waals surface area contributed by atoms with Crippen LogP contribution in [0.4, 0.5) is 0 Å². The van der Waals surface area contributed by atoms with E-state index in [1.165, 1.54) is 0 Å². The van der Waals surface area contributed by atoms with Gasteiger partial charge in [-0.1, -0.05) is 41.1 Å². The zero-order chi connectivity index (χ0) is 16.4. The number of nitrogens with zero attached hydrogens (tertiary/aromatic N) is 2. The van der Waals surface area contributed by atoms with Gasteiger partial charge in [-0.05, 0) is 18.4 Å². The fraction of sp³-hybridized carbons (Fsp3) is 0.412. The standard InChI is InChI=1S/C17H19BrN2O3/c1-11-6-12(17(21)22)9-20(8-11)10-16-19-7-15(23-16)13-4-2-3-5-14(13)18/h2-5,7,11-12H,6,8-10H2,1H3,(H,21,22). The predicted octanol–water partition coefficient (Wildman–Crippen LogP) is 3.65. The highest BCUT2D eigenvalue weighted by Gasteiger charge is 2.30. The number of halogens is 1. The molecule has 1 aromatic heterocycles. The molecule has 0 amide bonds. The Bertz CT molecular complexity index is 701. The van der Waals surface area contributed by atoms with E-state index in [0.29, 0.717) is 30.7 Å². The first-order valence-electron chi connectivity index (χ1n) is 7.67. The van der Waals surface area contributed by atoms with Gasteiger partial charge in [-0.15, -0.1) is 0 Å². The summed E-state index contributed by atoms with van der Waals surface area (Å²) < 4.78 is 6.81. The minimum absolute atomic E-state index is 0.309. The van der Waals surface area contributed by atoms with E-state index in [1.807, 2.05) is 24.3 Å². The first kappa shape index (κ1) is 16.2. The Morgan fingerprint density at radius 1 is 1.43 bits per heavy atom. The van der Waals surface area contributed by atoms with Crippen molar-refractivity contribution in [2.24, 2.45) is 11.8 Å². The SMILES string of the molecule is CC1CC(C(=O)O)CN(Cc2ncc(-c3ccccc3Br)o2)C1. The van der Waals surface area contributed by atoms with Crippen LogP contribution in [0.2, 0.25) is 0 Å². The number of likely N-dealkylation sites (tertiary alicyclic amines) is 1. The highest BCUT2D eigenvalue weighted by molar-refractivity contribution is 9.10. The lowest BCUT2D eigenvalue weighted by molar-refractivity contribution is -0.144. The van der Waals surface area contributed by atoms with Crippen LogP contribution in [0.3, 0.4) is 0 Å². The molecule has 1 aliphatic rings. The normalized spacial score (nSPS) is 22.2. The summed E-state index contributed by atoms with van der Waals surface area (Å²) in [6.07, 6.45) is 2.46. The predicted molar refractivity (Wildman–Crippen MR) is 89.8 cm³/mol. The molecule has 1 saturated heterocycles. The quantitative estimate of drug-likeness (QED) is 0.879. The molecule has 6 heteroatoms. The zero-order valence-corrected chi connectivity index (χ0v) is 14.5. The van der Waals surface area contributed by atoms with Gasteiger partial charge in [-0.3, -0.25) is 9.69 Å². The van der Waals surface area contributed by atoms with Crippen molar-refractivity contribution in [3.8, 4) is 11.3 Å². The number of aromatic nitrogens is 1. The molecule has 0 saturated carbocycles. The van der Waals surface area contributed by atoms with E-state index in [9.17, 15) is 9.90 Å². The van der Waals surface area contributed by atoms with Crippen LogP contribution in [-0.4, -0.2) is 34.0 Å². The van der Waals surface area contributed by atoms with Crippen molar-refractivity contribution < 1.29 is 14.3 Å². The molecule has 2 heterocycles. The maximum Gasteiger partial charge on any atom is 0.307 e.